The molecule has 0 unspecified atom stereocenters. The van der Waals surface area contributed by atoms with Crippen molar-refractivity contribution in [3.8, 4) is 0 Å². The minimum atomic E-state index is -4.33. The maximum absolute atomic E-state index is 13.0. The molecule has 0 bridgehead atoms. The highest BCUT2D eigenvalue weighted by molar-refractivity contribution is 5.70. The monoisotopic (exact) mass is 256 g/mol. The lowest BCUT2D eigenvalue weighted by Gasteiger charge is -2.19. The molecule has 3 N–H and O–H groups in total. The molecule has 98 valence electrons. The number of halogens is 3. The van der Waals surface area contributed by atoms with Crippen LogP contribution in [0.5, 0.6) is 0 Å². The van der Waals surface area contributed by atoms with Gasteiger partial charge in [-0.1, -0.05) is 12.1 Å². The topological polar surface area (TPSA) is 38.0 Å². The highest BCUT2D eigenvalue weighted by Gasteiger charge is 2.34. The lowest BCUT2D eigenvalue weighted by atomic mass is 9.93. The smallest absolute Gasteiger partial charge is 0.326 e. The van der Waals surface area contributed by atoms with Gasteiger partial charge in [0, 0.05) is 13.1 Å². The van der Waals surface area contributed by atoms with Gasteiger partial charge in [-0.25, -0.2) is 0 Å². The first-order valence-electron chi connectivity index (χ1n) is 5.82. The van der Waals surface area contributed by atoms with Crippen molar-refractivity contribution in [3.05, 3.63) is 41.0 Å². The fraction of sp³-hybridized carbons (Fsp3) is 0.385. The van der Waals surface area contributed by atoms with E-state index < -0.39 is 11.7 Å². The summed E-state index contributed by atoms with van der Waals surface area (Å²) in [7, 11) is 0. The second-order valence-electron chi connectivity index (χ2n) is 4.27. The molecule has 5 heteroatoms. The Morgan fingerprint density at radius 3 is 2.61 bits per heavy atom. The van der Waals surface area contributed by atoms with E-state index in [9.17, 15) is 13.2 Å². The molecule has 0 amide bonds. The highest BCUT2D eigenvalue weighted by atomic mass is 19.4. The van der Waals surface area contributed by atoms with Crippen LogP contribution < -0.4 is 11.1 Å². The maximum atomic E-state index is 13.0. The summed E-state index contributed by atoms with van der Waals surface area (Å²) < 4.78 is 38.9. The van der Waals surface area contributed by atoms with Crippen LogP contribution in [0, 0.1) is 0 Å². The predicted molar refractivity (Wildman–Crippen MR) is 64.8 cm³/mol. The van der Waals surface area contributed by atoms with Gasteiger partial charge >= 0.3 is 6.18 Å². The van der Waals surface area contributed by atoms with E-state index >= 15 is 0 Å². The number of benzene rings is 1. The second kappa shape index (κ2) is 5.12. The van der Waals surface area contributed by atoms with E-state index in [0.717, 1.165) is 17.2 Å². The fourth-order valence-electron chi connectivity index (χ4n) is 2.10. The third-order valence-corrected chi connectivity index (χ3v) is 3.03. The van der Waals surface area contributed by atoms with Crippen LogP contribution >= 0.6 is 0 Å². The standard InChI is InChI=1S/C13H15F3N2/c14-13(15,16)12-2-1-9(8-17)7-11(12)10-3-5-18-6-4-10/h1-3,7,18H,4-6,8,17H2. The average Bonchev–Trinajstić information content (AvgIpc) is 2.38. The highest BCUT2D eigenvalue weighted by Crippen LogP contribution is 2.36. The van der Waals surface area contributed by atoms with Gasteiger partial charge in [-0.05, 0) is 41.8 Å². The van der Waals surface area contributed by atoms with E-state index in [1.165, 1.54) is 6.07 Å². The summed E-state index contributed by atoms with van der Waals surface area (Å²) in [6.07, 6.45) is -1.90. The molecule has 1 aliphatic heterocycles. The van der Waals surface area contributed by atoms with E-state index in [2.05, 4.69) is 5.32 Å². The van der Waals surface area contributed by atoms with Crippen LogP contribution in [0.2, 0.25) is 0 Å². The Balaban J connectivity index is 2.50. The molecule has 0 saturated heterocycles. The van der Waals surface area contributed by atoms with Crippen molar-refractivity contribution >= 4 is 5.57 Å². The maximum Gasteiger partial charge on any atom is 0.416 e. The zero-order chi connectivity index (χ0) is 13.2. The predicted octanol–water partition coefficient (Wildman–Crippen LogP) is 2.54. The van der Waals surface area contributed by atoms with Gasteiger partial charge < -0.3 is 11.1 Å². The molecule has 1 heterocycles. The zero-order valence-electron chi connectivity index (χ0n) is 9.85. The van der Waals surface area contributed by atoms with Gasteiger partial charge in [0.2, 0.25) is 0 Å². The lowest BCUT2D eigenvalue weighted by molar-refractivity contribution is -0.137. The zero-order valence-corrected chi connectivity index (χ0v) is 9.85. The molecule has 0 saturated carbocycles. The Bertz CT molecular complexity index is 464. The number of alkyl halides is 3. The molecule has 1 aromatic carbocycles. The molecule has 0 atom stereocenters. The number of hydrogen-bond acceptors (Lipinski definition) is 2. The molecule has 0 aliphatic carbocycles. The number of rotatable bonds is 2. The SMILES string of the molecule is NCc1ccc(C(F)(F)F)c(C2=CCNCC2)c1. The van der Waals surface area contributed by atoms with Crippen LogP contribution in [-0.4, -0.2) is 13.1 Å². The number of nitrogens with two attached hydrogens (primary N) is 1. The first-order valence-corrected chi connectivity index (χ1v) is 5.82. The Kier molecular flexibility index (Phi) is 3.73. The number of nitrogens with one attached hydrogen (secondary N) is 1. The molecule has 0 aromatic heterocycles. The van der Waals surface area contributed by atoms with Crippen LogP contribution in [0.4, 0.5) is 13.2 Å². The average molecular weight is 256 g/mol. The normalized spacial score (nSPS) is 16.6. The van der Waals surface area contributed by atoms with E-state index in [0.29, 0.717) is 19.5 Å². The summed E-state index contributed by atoms with van der Waals surface area (Å²) >= 11 is 0. The van der Waals surface area contributed by atoms with Crippen LogP contribution in [0.15, 0.2) is 24.3 Å². The molecule has 0 radical (unpaired) electrons. The Labute approximate surface area is 104 Å². The summed E-state index contributed by atoms with van der Waals surface area (Å²) in [6.45, 7) is 1.56. The third-order valence-electron chi connectivity index (χ3n) is 3.03. The minimum Gasteiger partial charge on any atom is -0.326 e. The fourth-order valence-corrected chi connectivity index (χ4v) is 2.10. The van der Waals surface area contributed by atoms with Gasteiger partial charge in [0.05, 0.1) is 5.56 Å². The first kappa shape index (κ1) is 13.1. The van der Waals surface area contributed by atoms with Crippen molar-refractivity contribution in [1.29, 1.82) is 0 Å². The second-order valence-corrected chi connectivity index (χ2v) is 4.27. The van der Waals surface area contributed by atoms with Crippen LogP contribution in [-0.2, 0) is 12.7 Å². The molecule has 2 rings (SSSR count). The first-order chi connectivity index (χ1) is 8.52. The summed E-state index contributed by atoms with van der Waals surface area (Å²) in [6, 6.07) is 4.12. The summed E-state index contributed by atoms with van der Waals surface area (Å²) in [5.74, 6) is 0. The van der Waals surface area contributed by atoms with E-state index in [1.807, 2.05) is 6.08 Å². The lowest BCUT2D eigenvalue weighted by Crippen LogP contribution is -2.21. The number of hydrogen-bond donors (Lipinski definition) is 2. The minimum absolute atomic E-state index is 0.247. The molecule has 2 nitrogen and oxygen atoms in total. The molecule has 0 spiro atoms. The Morgan fingerprint density at radius 1 is 1.28 bits per heavy atom. The van der Waals surface area contributed by atoms with Crippen LogP contribution in [0.3, 0.4) is 0 Å². The van der Waals surface area contributed by atoms with E-state index in [-0.39, 0.29) is 12.1 Å². The summed E-state index contributed by atoms with van der Waals surface area (Å²) in [5, 5.41) is 3.09. The summed E-state index contributed by atoms with van der Waals surface area (Å²) in [5.41, 5.74) is 6.66. The van der Waals surface area contributed by atoms with Crippen molar-refractivity contribution in [2.24, 2.45) is 5.73 Å². The Morgan fingerprint density at radius 2 is 2.06 bits per heavy atom. The molecule has 18 heavy (non-hydrogen) atoms. The van der Waals surface area contributed by atoms with Gasteiger partial charge in [-0.3, -0.25) is 0 Å². The van der Waals surface area contributed by atoms with Crippen molar-refractivity contribution in [2.75, 3.05) is 13.1 Å². The van der Waals surface area contributed by atoms with E-state index in [1.54, 1.807) is 6.07 Å². The van der Waals surface area contributed by atoms with Crippen molar-refractivity contribution in [1.82, 2.24) is 5.32 Å². The van der Waals surface area contributed by atoms with Gasteiger partial charge in [-0.2, -0.15) is 13.2 Å². The molecule has 1 aliphatic rings. The van der Waals surface area contributed by atoms with Gasteiger partial charge in [0.25, 0.3) is 0 Å². The van der Waals surface area contributed by atoms with Crippen molar-refractivity contribution in [2.45, 2.75) is 19.1 Å². The third kappa shape index (κ3) is 2.73. The van der Waals surface area contributed by atoms with Crippen LogP contribution in [0.1, 0.15) is 23.1 Å². The van der Waals surface area contributed by atoms with E-state index in [4.69, 9.17) is 5.73 Å². The molecule has 1 aromatic rings. The van der Waals surface area contributed by atoms with Gasteiger partial charge in [0.15, 0.2) is 0 Å². The van der Waals surface area contributed by atoms with Gasteiger partial charge in [-0.15, -0.1) is 0 Å². The summed E-state index contributed by atoms with van der Waals surface area (Å²) in [4.78, 5) is 0. The van der Waals surface area contributed by atoms with Crippen LogP contribution in [0.25, 0.3) is 5.57 Å². The van der Waals surface area contributed by atoms with Gasteiger partial charge in [0.1, 0.15) is 0 Å². The molecule has 0 fully saturated rings. The van der Waals surface area contributed by atoms with Crippen molar-refractivity contribution in [3.63, 3.8) is 0 Å². The quantitative estimate of drug-likeness (QED) is 0.853. The largest absolute Gasteiger partial charge is 0.416 e. The molecular weight excluding hydrogens is 241 g/mol. The van der Waals surface area contributed by atoms with Crippen molar-refractivity contribution < 1.29 is 13.2 Å². The Hall–Kier alpha value is -1.33. The molecular formula is C13H15F3N2.